The van der Waals surface area contributed by atoms with E-state index in [2.05, 4.69) is 15.9 Å². The van der Waals surface area contributed by atoms with Crippen LogP contribution in [0.5, 0.6) is 5.75 Å². The van der Waals surface area contributed by atoms with E-state index in [1.807, 2.05) is 18.2 Å². The molecule has 0 fully saturated rings. The van der Waals surface area contributed by atoms with Crippen LogP contribution in [0.4, 0.5) is 0 Å². The molecule has 0 aliphatic heterocycles. The van der Waals surface area contributed by atoms with E-state index in [1.54, 1.807) is 13.8 Å². The maximum atomic E-state index is 11.0. The van der Waals surface area contributed by atoms with Crippen LogP contribution in [0.2, 0.25) is 0 Å². The Kier molecular flexibility index (Phi) is 5.16. The molecule has 0 amide bonds. The van der Waals surface area contributed by atoms with Crippen LogP contribution in [0.3, 0.4) is 0 Å². The van der Waals surface area contributed by atoms with Gasteiger partial charge in [0.05, 0.1) is 9.89 Å². The predicted octanol–water partition coefficient (Wildman–Crippen LogP) is 2.44. The SMILES string of the molecule is CC(C)(COc1ccc(CCN)cc1Br)C(=O)O. The molecule has 0 heterocycles. The minimum atomic E-state index is -0.907. The van der Waals surface area contributed by atoms with Gasteiger partial charge >= 0.3 is 5.97 Å². The highest BCUT2D eigenvalue weighted by molar-refractivity contribution is 9.10. The van der Waals surface area contributed by atoms with Crippen LogP contribution in [0.1, 0.15) is 19.4 Å². The van der Waals surface area contributed by atoms with Gasteiger partial charge in [0.1, 0.15) is 12.4 Å². The lowest BCUT2D eigenvalue weighted by molar-refractivity contribution is -0.148. The molecule has 1 rings (SSSR count). The number of rotatable bonds is 6. The second-order valence-electron chi connectivity index (χ2n) is 4.78. The molecule has 0 saturated heterocycles. The van der Waals surface area contributed by atoms with Gasteiger partial charge in [-0.2, -0.15) is 0 Å². The number of ether oxygens (including phenoxy) is 1. The largest absolute Gasteiger partial charge is 0.491 e. The molecule has 0 saturated carbocycles. The van der Waals surface area contributed by atoms with Crippen LogP contribution in [-0.4, -0.2) is 24.2 Å². The first-order chi connectivity index (χ1) is 8.36. The Morgan fingerprint density at radius 3 is 2.67 bits per heavy atom. The van der Waals surface area contributed by atoms with Crippen LogP contribution in [0.15, 0.2) is 22.7 Å². The topological polar surface area (TPSA) is 72.5 Å². The summed E-state index contributed by atoms with van der Waals surface area (Å²) in [5.41, 5.74) is 5.70. The van der Waals surface area contributed by atoms with Crippen LogP contribution < -0.4 is 10.5 Å². The van der Waals surface area contributed by atoms with E-state index in [0.717, 1.165) is 16.5 Å². The Balaban J connectivity index is 2.71. The van der Waals surface area contributed by atoms with Crippen LogP contribution in [0.25, 0.3) is 0 Å². The summed E-state index contributed by atoms with van der Waals surface area (Å²) in [6, 6.07) is 5.70. The van der Waals surface area contributed by atoms with Crippen molar-refractivity contribution in [3.63, 3.8) is 0 Å². The lowest BCUT2D eigenvalue weighted by atomic mass is 9.95. The van der Waals surface area contributed by atoms with E-state index in [9.17, 15) is 4.79 Å². The maximum Gasteiger partial charge on any atom is 0.312 e. The predicted molar refractivity (Wildman–Crippen MR) is 73.8 cm³/mol. The van der Waals surface area contributed by atoms with Crippen molar-refractivity contribution in [2.24, 2.45) is 11.1 Å². The van der Waals surface area contributed by atoms with Crippen LogP contribution in [-0.2, 0) is 11.2 Å². The van der Waals surface area contributed by atoms with E-state index in [0.29, 0.717) is 12.3 Å². The molecule has 0 unspecified atom stereocenters. The number of carboxylic acid groups (broad SMARTS) is 1. The molecule has 0 atom stereocenters. The number of nitrogens with two attached hydrogens (primary N) is 1. The van der Waals surface area contributed by atoms with E-state index < -0.39 is 11.4 Å². The Hall–Kier alpha value is -1.07. The number of carboxylic acids is 1. The van der Waals surface area contributed by atoms with E-state index in [-0.39, 0.29) is 6.61 Å². The Morgan fingerprint density at radius 2 is 2.17 bits per heavy atom. The first-order valence-corrected chi connectivity index (χ1v) is 6.51. The highest BCUT2D eigenvalue weighted by atomic mass is 79.9. The average Bonchev–Trinajstić information content (AvgIpc) is 2.28. The van der Waals surface area contributed by atoms with Gasteiger partial charge in [0.2, 0.25) is 0 Å². The lowest BCUT2D eigenvalue weighted by Crippen LogP contribution is -2.30. The monoisotopic (exact) mass is 315 g/mol. The minimum Gasteiger partial charge on any atom is -0.491 e. The standard InChI is InChI=1S/C13H18BrNO3/c1-13(2,12(16)17)8-18-11-4-3-9(5-6-15)7-10(11)14/h3-4,7H,5-6,8,15H2,1-2H3,(H,16,17). The third-order valence-electron chi connectivity index (χ3n) is 2.60. The number of halogens is 1. The third-order valence-corrected chi connectivity index (χ3v) is 3.22. The normalized spacial score (nSPS) is 11.3. The van der Waals surface area contributed by atoms with E-state index >= 15 is 0 Å². The number of hydrogen-bond donors (Lipinski definition) is 2. The first kappa shape index (κ1) is 15.0. The van der Waals surface area contributed by atoms with Crippen molar-refractivity contribution < 1.29 is 14.6 Å². The quantitative estimate of drug-likeness (QED) is 0.845. The van der Waals surface area contributed by atoms with Crippen molar-refractivity contribution in [1.82, 2.24) is 0 Å². The molecule has 0 spiro atoms. The van der Waals surface area contributed by atoms with Gasteiger partial charge < -0.3 is 15.6 Å². The molecule has 100 valence electrons. The maximum absolute atomic E-state index is 11.0. The number of carbonyl (C=O) groups is 1. The van der Waals surface area contributed by atoms with Gasteiger partial charge in [-0.3, -0.25) is 4.79 Å². The van der Waals surface area contributed by atoms with Gasteiger partial charge in [-0.25, -0.2) is 0 Å². The average molecular weight is 316 g/mol. The summed E-state index contributed by atoms with van der Waals surface area (Å²) in [5, 5.41) is 9.00. The lowest BCUT2D eigenvalue weighted by Gasteiger charge is -2.20. The van der Waals surface area contributed by atoms with Gasteiger partial charge in [-0.05, 0) is 60.4 Å². The van der Waals surface area contributed by atoms with Crippen molar-refractivity contribution in [3.8, 4) is 5.75 Å². The molecule has 1 aromatic rings. The van der Waals surface area contributed by atoms with Crippen molar-refractivity contribution in [2.45, 2.75) is 20.3 Å². The molecular weight excluding hydrogens is 298 g/mol. The highest BCUT2D eigenvalue weighted by Crippen LogP contribution is 2.28. The van der Waals surface area contributed by atoms with E-state index in [1.165, 1.54) is 0 Å². The number of hydrogen-bond acceptors (Lipinski definition) is 3. The summed E-state index contributed by atoms with van der Waals surface area (Å²) in [7, 11) is 0. The Labute approximate surface area is 115 Å². The van der Waals surface area contributed by atoms with Crippen molar-refractivity contribution in [3.05, 3.63) is 28.2 Å². The molecule has 5 heteroatoms. The Morgan fingerprint density at radius 1 is 1.50 bits per heavy atom. The van der Waals surface area contributed by atoms with Crippen molar-refractivity contribution in [1.29, 1.82) is 0 Å². The molecule has 1 aromatic carbocycles. The highest BCUT2D eigenvalue weighted by Gasteiger charge is 2.28. The van der Waals surface area contributed by atoms with Gasteiger partial charge in [-0.1, -0.05) is 6.07 Å². The fraction of sp³-hybridized carbons (Fsp3) is 0.462. The van der Waals surface area contributed by atoms with Gasteiger partial charge in [0.25, 0.3) is 0 Å². The van der Waals surface area contributed by atoms with Crippen molar-refractivity contribution in [2.75, 3.05) is 13.2 Å². The zero-order valence-electron chi connectivity index (χ0n) is 10.6. The molecule has 0 bridgehead atoms. The molecule has 0 aromatic heterocycles. The number of benzene rings is 1. The molecule has 0 aliphatic rings. The molecular formula is C13H18BrNO3. The van der Waals surface area contributed by atoms with Gasteiger partial charge in [-0.15, -0.1) is 0 Å². The zero-order chi connectivity index (χ0) is 13.8. The van der Waals surface area contributed by atoms with Gasteiger partial charge in [0, 0.05) is 0 Å². The minimum absolute atomic E-state index is 0.122. The van der Waals surface area contributed by atoms with Crippen molar-refractivity contribution >= 4 is 21.9 Å². The Bertz CT molecular complexity index is 432. The van der Waals surface area contributed by atoms with Gasteiger partial charge in [0.15, 0.2) is 0 Å². The molecule has 3 N–H and O–H groups in total. The smallest absolute Gasteiger partial charge is 0.312 e. The zero-order valence-corrected chi connectivity index (χ0v) is 12.2. The second kappa shape index (κ2) is 6.20. The van der Waals surface area contributed by atoms with E-state index in [4.69, 9.17) is 15.6 Å². The second-order valence-corrected chi connectivity index (χ2v) is 5.64. The van der Waals surface area contributed by atoms with Crippen LogP contribution >= 0.6 is 15.9 Å². The number of aliphatic carboxylic acids is 1. The summed E-state index contributed by atoms with van der Waals surface area (Å²) >= 11 is 3.41. The summed E-state index contributed by atoms with van der Waals surface area (Å²) in [5.74, 6) is -0.233. The first-order valence-electron chi connectivity index (χ1n) is 5.71. The fourth-order valence-corrected chi connectivity index (χ4v) is 1.84. The summed E-state index contributed by atoms with van der Waals surface area (Å²) in [6.07, 6.45) is 0.805. The third kappa shape index (κ3) is 3.99. The fourth-order valence-electron chi connectivity index (χ4n) is 1.30. The molecule has 4 nitrogen and oxygen atoms in total. The summed E-state index contributed by atoms with van der Waals surface area (Å²) < 4.78 is 6.35. The molecule has 0 radical (unpaired) electrons. The molecule has 0 aliphatic carbocycles. The summed E-state index contributed by atoms with van der Waals surface area (Å²) in [4.78, 5) is 11.0. The van der Waals surface area contributed by atoms with Crippen LogP contribution in [0, 0.1) is 5.41 Å². The summed E-state index contributed by atoms with van der Waals surface area (Å²) in [6.45, 7) is 3.98. The molecule has 18 heavy (non-hydrogen) atoms.